The summed E-state index contributed by atoms with van der Waals surface area (Å²) in [4.78, 5) is 13.4. The molecule has 0 bridgehead atoms. The van der Waals surface area contributed by atoms with Crippen LogP contribution in [0.1, 0.15) is 49.7 Å². The molecule has 0 unspecified atom stereocenters. The first-order valence-corrected chi connectivity index (χ1v) is 6.98. The summed E-state index contributed by atoms with van der Waals surface area (Å²) in [5, 5.41) is 1.99. The smallest absolute Gasteiger partial charge is 0.176 e. The Balaban J connectivity index is 2.26. The van der Waals surface area contributed by atoms with Crippen LogP contribution in [0.3, 0.4) is 0 Å². The predicted octanol–water partition coefficient (Wildman–Crippen LogP) is 4.39. The minimum atomic E-state index is 0.165. The maximum absolute atomic E-state index is 12.5. The summed E-state index contributed by atoms with van der Waals surface area (Å²) in [5.74, 6) is 1.10. The van der Waals surface area contributed by atoms with Crippen molar-refractivity contribution in [2.75, 3.05) is 0 Å². The van der Waals surface area contributed by atoms with Crippen molar-refractivity contribution in [1.29, 1.82) is 0 Å². The van der Waals surface area contributed by atoms with Crippen LogP contribution in [0.15, 0.2) is 17.5 Å². The molecule has 0 spiro atoms. The van der Waals surface area contributed by atoms with Crippen LogP contribution in [-0.2, 0) is 0 Å². The van der Waals surface area contributed by atoms with Crippen LogP contribution in [0.2, 0.25) is 0 Å². The van der Waals surface area contributed by atoms with Gasteiger partial charge in [0.25, 0.3) is 0 Å². The molecule has 0 N–H and O–H groups in total. The Morgan fingerprint density at radius 3 is 2.81 bits per heavy atom. The molecule has 1 aliphatic carbocycles. The Labute approximate surface area is 102 Å². The molecule has 0 aliphatic heterocycles. The van der Waals surface area contributed by atoms with E-state index in [1.165, 1.54) is 19.3 Å². The summed E-state index contributed by atoms with van der Waals surface area (Å²) in [6.45, 7) is 6.73. The predicted molar refractivity (Wildman–Crippen MR) is 68.9 cm³/mol. The highest BCUT2D eigenvalue weighted by Crippen LogP contribution is 2.45. The van der Waals surface area contributed by atoms with Crippen LogP contribution in [0.5, 0.6) is 0 Å². The summed E-state index contributed by atoms with van der Waals surface area (Å²) >= 11 is 1.58. The second-order valence-electron chi connectivity index (χ2n) is 5.68. The Morgan fingerprint density at radius 1 is 1.50 bits per heavy atom. The summed E-state index contributed by atoms with van der Waals surface area (Å²) in [5.41, 5.74) is 0.165. The van der Waals surface area contributed by atoms with Gasteiger partial charge in [0.2, 0.25) is 0 Å². The summed E-state index contributed by atoms with van der Waals surface area (Å²) in [6, 6.07) is 3.93. The van der Waals surface area contributed by atoms with E-state index in [4.69, 9.17) is 0 Å². The molecule has 0 amide bonds. The van der Waals surface area contributed by atoms with E-state index in [1.54, 1.807) is 11.3 Å². The minimum absolute atomic E-state index is 0.165. The minimum Gasteiger partial charge on any atom is -0.293 e. The molecule has 2 rings (SSSR count). The van der Waals surface area contributed by atoms with Crippen molar-refractivity contribution >= 4 is 17.1 Å². The van der Waals surface area contributed by atoms with Crippen LogP contribution < -0.4 is 0 Å². The molecule has 1 heterocycles. The first kappa shape index (κ1) is 11.8. The van der Waals surface area contributed by atoms with Crippen molar-refractivity contribution in [3.63, 3.8) is 0 Å². The van der Waals surface area contributed by atoms with Gasteiger partial charge in [-0.1, -0.05) is 33.3 Å². The number of hydrogen-bond donors (Lipinski definition) is 0. The second-order valence-corrected chi connectivity index (χ2v) is 6.63. The lowest BCUT2D eigenvalue weighted by atomic mass is 9.62. The fraction of sp³-hybridized carbons (Fsp3) is 0.643. The lowest BCUT2D eigenvalue weighted by molar-refractivity contribution is 0.0544. The second kappa shape index (κ2) is 4.33. The van der Waals surface area contributed by atoms with E-state index in [0.29, 0.717) is 11.7 Å². The zero-order valence-electron chi connectivity index (χ0n) is 10.3. The average Bonchev–Trinajstić information content (AvgIpc) is 2.68. The molecule has 88 valence electrons. The largest absolute Gasteiger partial charge is 0.293 e. The molecule has 16 heavy (non-hydrogen) atoms. The van der Waals surface area contributed by atoms with Gasteiger partial charge in [0.1, 0.15) is 0 Å². The number of hydrogen-bond acceptors (Lipinski definition) is 2. The molecule has 0 radical (unpaired) electrons. The number of rotatable bonds is 2. The van der Waals surface area contributed by atoms with Gasteiger partial charge in [-0.3, -0.25) is 4.79 Å². The number of thiophene rings is 1. The third-order valence-corrected chi connectivity index (χ3v) is 4.82. The highest BCUT2D eigenvalue weighted by Gasteiger charge is 2.41. The Kier molecular flexibility index (Phi) is 3.20. The molecule has 2 atom stereocenters. The van der Waals surface area contributed by atoms with Crippen LogP contribution in [0.4, 0.5) is 0 Å². The lowest BCUT2D eigenvalue weighted by Crippen LogP contribution is -2.39. The van der Waals surface area contributed by atoms with E-state index in [9.17, 15) is 4.79 Å². The number of carbonyl (C=O) groups excluding carboxylic acids is 1. The van der Waals surface area contributed by atoms with E-state index < -0.39 is 0 Å². The van der Waals surface area contributed by atoms with Gasteiger partial charge in [0.15, 0.2) is 5.78 Å². The van der Waals surface area contributed by atoms with Crippen LogP contribution in [0.25, 0.3) is 0 Å². The molecule has 1 aromatic heterocycles. The molecule has 2 heteroatoms. The number of Topliss-reactive ketones (excluding diaryl/α,β-unsaturated/α-hetero) is 1. The van der Waals surface area contributed by atoms with Gasteiger partial charge in [0.05, 0.1) is 4.88 Å². The van der Waals surface area contributed by atoms with Crippen molar-refractivity contribution in [3.8, 4) is 0 Å². The fourth-order valence-corrected chi connectivity index (χ4v) is 3.86. The summed E-state index contributed by atoms with van der Waals surface area (Å²) < 4.78 is 0. The zero-order chi connectivity index (χ0) is 11.8. The summed E-state index contributed by atoms with van der Waals surface area (Å²) in [6.07, 6.45) is 3.65. The molecule has 1 saturated carbocycles. The van der Waals surface area contributed by atoms with Gasteiger partial charge in [-0.25, -0.2) is 0 Å². The van der Waals surface area contributed by atoms with Crippen molar-refractivity contribution in [1.82, 2.24) is 0 Å². The van der Waals surface area contributed by atoms with E-state index >= 15 is 0 Å². The first-order valence-electron chi connectivity index (χ1n) is 6.10. The van der Waals surface area contributed by atoms with E-state index in [1.807, 2.05) is 17.5 Å². The van der Waals surface area contributed by atoms with Gasteiger partial charge >= 0.3 is 0 Å². The normalized spacial score (nSPS) is 28.9. The van der Waals surface area contributed by atoms with E-state index in [0.717, 1.165) is 4.88 Å². The lowest BCUT2D eigenvalue weighted by Gasteiger charge is -2.41. The van der Waals surface area contributed by atoms with Crippen molar-refractivity contribution in [2.24, 2.45) is 17.3 Å². The molecule has 0 saturated heterocycles. The third kappa shape index (κ3) is 2.08. The molecular weight excluding hydrogens is 216 g/mol. The maximum Gasteiger partial charge on any atom is 0.176 e. The maximum atomic E-state index is 12.5. The Hall–Kier alpha value is -0.630. The SMILES string of the molecule is C[C@H]1CCCC(C)(C)[C@@H]1C(=O)c1cccs1. The van der Waals surface area contributed by atoms with Crippen LogP contribution in [-0.4, -0.2) is 5.78 Å². The van der Waals surface area contributed by atoms with E-state index in [2.05, 4.69) is 20.8 Å². The topological polar surface area (TPSA) is 17.1 Å². The van der Waals surface area contributed by atoms with Gasteiger partial charge in [0, 0.05) is 5.92 Å². The third-order valence-electron chi connectivity index (χ3n) is 3.94. The molecular formula is C14H20OS. The highest BCUT2D eigenvalue weighted by molar-refractivity contribution is 7.12. The van der Waals surface area contributed by atoms with Crippen molar-refractivity contribution in [3.05, 3.63) is 22.4 Å². The quantitative estimate of drug-likeness (QED) is 0.696. The number of ketones is 1. The molecule has 1 aromatic rings. The van der Waals surface area contributed by atoms with Gasteiger partial charge in [-0.05, 0) is 35.6 Å². The molecule has 1 fully saturated rings. The van der Waals surface area contributed by atoms with Gasteiger partial charge in [-0.2, -0.15) is 0 Å². The number of carbonyl (C=O) groups is 1. The van der Waals surface area contributed by atoms with Crippen LogP contribution >= 0.6 is 11.3 Å². The zero-order valence-corrected chi connectivity index (χ0v) is 11.1. The van der Waals surface area contributed by atoms with E-state index in [-0.39, 0.29) is 11.3 Å². The van der Waals surface area contributed by atoms with Gasteiger partial charge in [-0.15, -0.1) is 11.3 Å². The standard InChI is InChI=1S/C14H20OS/c1-10-6-4-8-14(2,3)12(10)13(15)11-7-5-9-16-11/h5,7,9-10,12H,4,6,8H2,1-3H3/t10-,12-/m0/s1. The van der Waals surface area contributed by atoms with Crippen molar-refractivity contribution < 1.29 is 4.79 Å². The van der Waals surface area contributed by atoms with Gasteiger partial charge < -0.3 is 0 Å². The average molecular weight is 236 g/mol. The first-order chi connectivity index (χ1) is 7.52. The van der Waals surface area contributed by atoms with Crippen molar-refractivity contribution in [2.45, 2.75) is 40.0 Å². The highest BCUT2D eigenvalue weighted by atomic mass is 32.1. The fourth-order valence-electron chi connectivity index (χ4n) is 3.16. The molecule has 1 aliphatic rings. The molecule has 1 nitrogen and oxygen atoms in total. The molecule has 0 aromatic carbocycles. The Bertz CT molecular complexity index is 364. The summed E-state index contributed by atoms with van der Waals surface area (Å²) in [7, 11) is 0. The monoisotopic (exact) mass is 236 g/mol. The van der Waals surface area contributed by atoms with Crippen LogP contribution in [0, 0.1) is 17.3 Å². The Morgan fingerprint density at radius 2 is 2.25 bits per heavy atom.